The van der Waals surface area contributed by atoms with Crippen LogP contribution < -0.4 is 10.2 Å². The quantitative estimate of drug-likeness (QED) is 0.453. The Bertz CT molecular complexity index is 1010. The van der Waals surface area contributed by atoms with Gasteiger partial charge in [-0.05, 0) is 54.5 Å². The first-order valence-corrected chi connectivity index (χ1v) is 10.7. The fourth-order valence-electron chi connectivity index (χ4n) is 3.49. The van der Waals surface area contributed by atoms with Gasteiger partial charge in [0.15, 0.2) is 0 Å². The number of hydrogen-bond acceptors (Lipinski definition) is 4. The van der Waals surface area contributed by atoms with Gasteiger partial charge in [-0.3, -0.25) is 4.79 Å². The van der Waals surface area contributed by atoms with Gasteiger partial charge in [-0.1, -0.05) is 49.4 Å². The third-order valence-electron chi connectivity index (χ3n) is 5.08. The van der Waals surface area contributed by atoms with Crippen molar-refractivity contribution in [2.75, 3.05) is 0 Å². The van der Waals surface area contributed by atoms with Gasteiger partial charge in [0.2, 0.25) is 0 Å². The second kappa shape index (κ2) is 9.05. The Morgan fingerprint density at radius 3 is 2.86 bits per heavy atom. The smallest absolute Gasteiger partial charge is 0.281 e. The maximum atomic E-state index is 12.5. The van der Waals surface area contributed by atoms with E-state index in [2.05, 4.69) is 17.5 Å². The zero-order chi connectivity index (χ0) is 20.1. The maximum Gasteiger partial charge on any atom is 0.281 e. The molecule has 2 aromatic carbocycles. The number of thiophene rings is 1. The molecule has 0 spiro atoms. The molecule has 1 aliphatic rings. The van der Waals surface area contributed by atoms with E-state index in [4.69, 9.17) is 4.74 Å². The highest BCUT2D eigenvalue weighted by Crippen LogP contribution is 2.32. The minimum Gasteiger partial charge on any atom is -0.488 e. The van der Waals surface area contributed by atoms with Crippen molar-refractivity contribution in [1.29, 1.82) is 0 Å². The fourth-order valence-corrected chi connectivity index (χ4v) is 4.59. The summed E-state index contributed by atoms with van der Waals surface area (Å²) in [6.45, 7) is 2.75. The number of carbonyl (C=O) groups excluding carboxylic acids is 1. The molecule has 148 valence electrons. The molecule has 0 saturated carbocycles. The monoisotopic (exact) mass is 404 g/mol. The Hall–Kier alpha value is -2.92. The number of aryl methyl sites for hydroxylation is 1. The van der Waals surface area contributed by atoms with E-state index in [1.165, 1.54) is 16.9 Å². The molecule has 4 nitrogen and oxygen atoms in total. The molecule has 4 rings (SSSR count). The zero-order valence-corrected chi connectivity index (χ0v) is 17.2. The molecule has 0 bridgehead atoms. The van der Waals surface area contributed by atoms with Gasteiger partial charge in [0.25, 0.3) is 5.91 Å². The number of ether oxygens (including phenoxy) is 1. The lowest BCUT2D eigenvalue weighted by molar-refractivity contribution is 0.0959. The van der Waals surface area contributed by atoms with Gasteiger partial charge in [-0.15, -0.1) is 11.3 Å². The van der Waals surface area contributed by atoms with Crippen LogP contribution in [0.25, 0.3) is 0 Å². The molecule has 5 heteroatoms. The van der Waals surface area contributed by atoms with Crippen LogP contribution in [0.4, 0.5) is 0 Å². The van der Waals surface area contributed by atoms with Crippen molar-refractivity contribution in [3.8, 4) is 5.75 Å². The molecule has 0 unspecified atom stereocenters. The van der Waals surface area contributed by atoms with E-state index >= 15 is 0 Å². The van der Waals surface area contributed by atoms with E-state index in [9.17, 15) is 4.79 Å². The van der Waals surface area contributed by atoms with Crippen LogP contribution in [0.5, 0.6) is 5.75 Å². The van der Waals surface area contributed by atoms with E-state index in [1.54, 1.807) is 17.6 Å². The number of hydrazone groups is 1. The summed E-state index contributed by atoms with van der Waals surface area (Å²) < 4.78 is 5.93. The summed E-state index contributed by atoms with van der Waals surface area (Å²) in [5, 5.41) is 4.16. The van der Waals surface area contributed by atoms with Crippen molar-refractivity contribution in [1.82, 2.24) is 5.43 Å². The normalized spacial score (nSPS) is 15.8. The van der Waals surface area contributed by atoms with Gasteiger partial charge in [0.1, 0.15) is 12.4 Å². The number of amides is 1. The number of hydrogen-bond donors (Lipinski definition) is 1. The molecule has 0 fully saturated rings. The van der Waals surface area contributed by atoms with Gasteiger partial charge < -0.3 is 4.74 Å². The Balaban J connectivity index is 1.39. The van der Waals surface area contributed by atoms with Crippen molar-refractivity contribution in [2.24, 2.45) is 11.0 Å². The first-order valence-electron chi connectivity index (χ1n) is 9.90. The number of nitrogens with zero attached hydrogens (tertiary/aromatic N) is 1. The van der Waals surface area contributed by atoms with Crippen molar-refractivity contribution in [3.63, 3.8) is 0 Å². The van der Waals surface area contributed by atoms with Crippen molar-refractivity contribution in [2.45, 2.75) is 32.8 Å². The van der Waals surface area contributed by atoms with E-state index in [0.717, 1.165) is 34.6 Å². The number of nitrogens with one attached hydrogen (secondary N) is 1. The summed E-state index contributed by atoms with van der Waals surface area (Å²) in [4.78, 5) is 14.6. The van der Waals surface area contributed by atoms with Crippen molar-refractivity contribution >= 4 is 23.5 Å². The summed E-state index contributed by atoms with van der Waals surface area (Å²) in [6, 6.07) is 19.7. The van der Waals surface area contributed by atoms with Crippen LogP contribution in [0.1, 0.15) is 44.6 Å². The zero-order valence-electron chi connectivity index (χ0n) is 16.4. The Morgan fingerprint density at radius 2 is 2.00 bits per heavy atom. The topological polar surface area (TPSA) is 50.7 Å². The van der Waals surface area contributed by atoms with Crippen LogP contribution in [0.15, 0.2) is 65.8 Å². The fraction of sp³-hybridized carbons (Fsp3) is 0.250. The summed E-state index contributed by atoms with van der Waals surface area (Å²) >= 11 is 1.59. The average molecular weight is 405 g/mol. The number of benzene rings is 2. The van der Waals surface area contributed by atoms with Gasteiger partial charge in [-0.2, -0.15) is 5.10 Å². The number of carbonyl (C=O) groups is 1. The minimum absolute atomic E-state index is 0.156. The molecule has 1 amide bonds. The Labute approximate surface area is 175 Å². The summed E-state index contributed by atoms with van der Waals surface area (Å²) in [5.74, 6) is 1.27. The van der Waals surface area contributed by atoms with Crippen LogP contribution in [-0.2, 0) is 19.4 Å². The SMILES string of the molecule is C[C@@H]1CCc2sc(C(=O)N/N=C\c3ccccc3OCc3ccccc3)cc2C1. The lowest BCUT2D eigenvalue weighted by Gasteiger charge is -2.16. The summed E-state index contributed by atoms with van der Waals surface area (Å²) in [7, 11) is 0. The predicted octanol–water partition coefficient (Wildman–Crippen LogP) is 5.22. The average Bonchev–Trinajstić information content (AvgIpc) is 3.17. The standard InChI is InChI=1S/C24H24N2O2S/c1-17-11-12-22-20(13-17)14-23(29-22)24(27)26-25-15-19-9-5-6-10-21(19)28-16-18-7-3-2-4-8-18/h2-10,14-15,17H,11-13,16H2,1H3,(H,26,27)/b25-15-/t17-/m1/s1. The van der Waals surface area contributed by atoms with E-state index in [0.29, 0.717) is 12.5 Å². The first-order chi connectivity index (χ1) is 14.2. The second-order valence-electron chi connectivity index (χ2n) is 7.42. The number of para-hydroxylation sites is 1. The predicted molar refractivity (Wildman–Crippen MR) is 118 cm³/mol. The maximum absolute atomic E-state index is 12.5. The van der Waals surface area contributed by atoms with Crippen molar-refractivity contribution < 1.29 is 9.53 Å². The lowest BCUT2D eigenvalue weighted by Crippen LogP contribution is -2.16. The van der Waals surface area contributed by atoms with E-state index in [1.807, 2.05) is 60.7 Å². The lowest BCUT2D eigenvalue weighted by atomic mass is 9.90. The highest BCUT2D eigenvalue weighted by atomic mass is 32.1. The summed E-state index contributed by atoms with van der Waals surface area (Å²) in [5.41, 5.74) is 5.90. The van der Waals surface area contributed by atoms with Gasteiger partial charge in [0, 0.05) is 10.4 Å². The molecule has 1 atom stereocenters. The van der Waals surface area contributed by atoms with Crippen LogP contribution in [0.3, 0.4) is 0 Å². The highest BCUT2D eigenvalue weighted by Gasteiger charge is 2.20. The molecule has 0 radical (unpaired) electrons. The molecule has 29 heavy (non-hydrogen) atoms. The van der Waals surface area contributed by atoms with Gasteiger partial charge in [-0.25, -0.2) is 5.43 Å². The molecule has 0 saturated heterocycles. The van der Waals surface area contributed by atoms with Crippen LogP contribution in [0.2, 0.25) is 0 Å². The molecule has 1 aliphatic carbocycles. The molecule has 1 heterocycles. The third-order valence-corrected chi connectivity index (χ3v) is 6.31. The largest absolute Gasteiger partial charge is 0.488 e. The van der Waals surface area contributed by atoms with Gasteiger partial charge in [0.05, 0.1) is 11.1 Å². The summed E-state index contributed by atoms with van der Waals surface area (Å²) in [6.07, 6.45) is 4.97. The van der Waals surface area contributed by atoms with Crippen LogP contribution in [-0.4, -0.2) is 12.1 Å². The number of rotatable bonds is 6. The Kier molecular flexibility index (Phi) is 6.06. The molecule has 1 aromatic heterocycles. The highest BCUT2D eigenvalue weighted by molar-refractivity contribution is 7.14. The van der Waals surface area contributed by atoms with Crippen molar-refractivity contribution in [3.05, 3.63) is 87.1 Å². The second-order valence-corrected chi connectivity index (χ2v) is 8.56. The molecular weight excluding hydrogens is 380 g/mol. The minimum atomic E-state index is -0.156. The van der Waals surface area contributed by atoms with Gasteiger partial charge >= 0.3 is 0 Å². The molecule has 0 aliphatic heterocycles. The van der Waals surface area contributed by atoms with E-state index in [-0.39, 0.29) is 5.91 Å². The number of fused-ring (bicyclic) bond motifs is 1. The van der Waals surface area contributed by atoms with Crippen LogP contribution in [0, 0.1) is 5.92 Å². The first kappa shape index (κ1) is 19.4. The van der Waals surface area contributed by atoms with E-state index < -0.39 is 0 Å². The Morgan fingerprint density at radius 1 is 1.21 bits per heavy atom. The third kappa shape index (κ3) is 4.93. The van der Waals surface area contributed by atoms with Crippen LogP contribution >= 0.6 is 11.3 Å². The molecule has 3 aromatic rings. The molecular formula is C24H24N2O2S. The molecule has 1 N–H and O–H groups in total.